The molecule has 0 aliphatic heterocycles. The van der Waals surface area contributed by atoms with Crippen LogP contribution in [0.3, 0.4) is 0 Å². The highest BCUT2D eigenvalue weighted by Gasteiger charge is 2.10. The normalized spacial score (nSPS) is 11.0. The molecule has 130 valence electrons. The number of nitrogens with zero attached hydrogens (tertiary/aromatic N) is 4. The van der Waals surface area contributed by atoms with Crippen LogP contribution in [0.15, 0.2) is 36.4 Å². The predicted octanol–water partition coefficient (Wildman–Crippen LogP) is 3.85. The molecule has 0 spiro atoms. The Hall–Kier alpha value is -2.22. The van der Waals surface area contributed by atoms with Gasteiger partial charge in [0.1, 0.15) is 5.82 Å². The van der Waals surface area contributed by atoms with E-state index in [1.165, 1.54) is 4.88 Å². The molecule has 0 fully saturated rings. The largest absolute Gasteiger partial charge is 0.368 e. The maximum absolute atomic E-state index is 5.98. The van der Waals surface area contributed by atoms with Crippen molar-refractivity contribution in [2.45, 2.75) is 20.0 Å². The zero-order valence-electron chi connectivity index (χ0n) is 14.0. The smallest absolute Gasteiger partial charge is 0.232 e. The summed E-state index contributed by atoms with van der Waals surface area (Å²) in [6.07, 6.45) is 0. The van der Waals surface area contributed by atoms with Gasteiger partial charge in [-0.2, -0.15) is 15.0 Å². The Balaban J connectivity index is 1.71. The first kappa shape index (κ1) is 17.6. The Morgan fingerprint density at radius 3 is 2.64 bits per heavy atom. The molecule has 6 nitrogen and oxygen atoms in total. The van der Waals surface area contributed by atoms with E-state index in [9.17, 15) is 0 Å². The van der Waals surface area contributed by atoms with Crippen molar-refractivity contribution in [3.63, 3.8) is 0 Å². The molecule has 0 aliphatic carbocycles. The summed E-state index contributed by atoms with van der Waals surface area (Å²) in [6.45, 7) is 3.35. The summed E-state index contributed by atoms with van der Waals surface area (Å²) in [5.74, 6) is 1.27. The molecule has 0 unspecified atom stereocenters. The number of hydrogen-bond donors (Lipinski definition) is 2. The van der Waals surface area contributed by atoms with Gasteiger partial charge in [-0.3, -0.25) is 4.90 Å². The van der Waals surface area contributed by atoms with Crippen molar-refractivity contribution >= 4 is 40.5 Å². The van der Waals surface area contributed by atoms with Crippen molar-refractivity contribution in [1.82, 2.24) is 19.9 Å². The lowest BCUT2D eigenvalue weighted by Crippen LogP contribution is -2.19. The van der Waals surface area contributed by atoms with Crippen LogP contribution in [0.25, 0.3) is 0 Å². The third kappa shape index (κ3) is 4.88. The number of aromatic nitrogens is 3. The van der Waals surface area contributed by atoms with Gasteiger partial charge in [-0.15, -0.1) is 11.3 Å². The average Bonchev–Trinajstić information content (AvgIpc) is 2.94. The molecular weight excluding hydrogens is 356 g/mol. The summed E-state index contributed by atoms with van der Waals surface area (Å²) in [7, 11) is 2.00. The molecule has 2 heterocycles. The van der Waals surface area contributed by atoms with E-state index in [1.807, 2.05) is 50.4 Å². The fraction of sp³-hybridized carbons (Fsp3) is 0.235. The van der Waals surface area contributed by atoms with E-state index in [1.54, 1.807) is 11.3 Å². The van der Waals surface area contributed by atoms with Crippen molar-refractivity contribution < 1.29 is 0 Å². The summed E-state index contributed by atoms with van der Waals surface area (Å²) in [5, 5.41) is 3.20. The van der Waals surface area contributed by atoms with Crippen LogP contribution in [0, 0.1) is 6.92 Å². The molecule has 2 aromatic heterocycles. The van der Waals surface area contributed by atoms with Crippen LogP contribution >= 0.6 is 22.9 Å². The number of aryl methyl sites for hydroxylation is 1. The number of nitrogen functional groups attached to an aromatic ring is 1. The first-order valence-electron chi connectivity index (χ1n) is 7.75. The maximum atomic E-state index is 5.98. The van der Waals surface area contributed by atoms with E-state index >= 15 is 0 Å². The number of rotatable bonds is 6. The van der Waals surface area contributed by atoms with Gasteiger partial charge >= 0.3 is 0 Å². The van der Waals surface area contributed by atoms with Crippen molar-refractivity contribution in [1.29, 1.82) is 0 Å². The molecule has 3 N–H and O–H groups in total. The molecule has 0 saturated carbocycles. The molecule has 0 atom stereocenters. The van der Waals surface area contributed by atoms with Gasteiger partial charge < -0.3 is 11.1 Å². The quantitative estimate of drug-likeness (QED) is 0.682. The van der Waals surface area contributed by atoms with Crippen LogP contribution in [-0.2, 0) is 13.1 Å². The fourth-order valence-electron chi connectivity index (χ4n) is 2.40. The van der Waals surface area contributed by atoms with E-state index in [-0.39, 0.29) is 5.95 Å². The Morgan fingerprint density at radius 1 is 1.12 bits per heavy atom. The van der Waals surface area contributed by atoms with E-state index in [0.717, 1.165) is 22.1 Å². The molecule has 0 radical (unpaired) electrons. The second-order valence-corrected chi connectivity index (χ2v) is 7.55. The molecule has 1 aromatic carbocycles. The lowest BCUT2D eigenvalue weighted by molar-refractivity contribution is 0.313. The SMILES string of the molecule is Cc1ccccc1Nc1nc(N)nc(CN(C)Cc2ccc(Cl)s2)n1. The van der Waals surface area contributed by atoms with Gasteiger partial charge in [0.05, 0.1) is 10.9 Å². The van der Waals surface area contributed by atoms with Gasteiger partial charge in [-0.05, 0) is 37.7 Å². The number of anilines is 3. The van der Waals surface area contributed by atoms with E-state index in [0.29, 0.717) is 18.3 Å². The highest BCUT2D eigenvalue weighted by atomic mass is 35.5. The third-order valence-corrected chi connectivity index (χ3v) is 4.77. The predicted molar refractivity (Wildman–Crippen MR) is 103 cm³/mol. The second kappa shape index (κ2) is 7.77. The number of benzene rings is 1. The lowest BCUT2D eigenvalue weighted by atomic mass is 10.2. The topological polar surface area (TPSA) is 80.0 Å². The van der Waals surface area contributed by atoms with Crippen molar-refractivity contribution in [2.75, 3.05) is 18.1 Å². The molecule has 0 aliphatic rings. The van der Waals surface area contributed by atoms with Crippen molar-refractivity contribution in [3.8, 4) is 0 Å². The highest BCUT2D eigenvalue weighted by molar-refractivity contribution is 7.16. The number of hydrogen-bond acceptors (Lipinski definition) is 7. The number of halogens is 1. The molecule has 0 bridgehead atoms. The summed E-state index contributed by atoms with van der Waals surface area (Å²) in [6, 6.07) is 11.9. The van der Waals surface area contributed by atoms with Crippen LogP contribution in [0.5, 0.6) is 0 Å². The third-order valence-electron chi connectivity index (χ3n) is 3.56. The molecular formula is C17H19ClN6S. The molecule has 0 saturated heterocycles. The fourth-order valence-corrected chi connectivity index (χ4v) is 3.57. The van der Waals surface area contributed by atoms with Crippen LogP contribution in [0.4, 0.5) is 17.6 Å². The number of nitrogens with two attached hydrogens (primary N) is 1. The second-order valence-electron chi connectivity index (χ2n) is 5.75. The van der Waals surface area contributed by atoms with Gasteiger partial charge in [-0.25, -0.2) is 0 Å². The Kier molecular flexibility index (Phi) is 5.47. The average molecular weight is 375 g/mol. The van der Waals surface area contributed by atoms with Gasteiger partial charge in [0.15, 0.2) is 0 Å². The summed E-state index contributed by atoms with van der Waals surface area (Å²) < 4.78 is 0.789. The van der Waals surface area contributed by atoms with E-state index < -0.39 is 0 Å². The molecule has 3 aromatic rings. The first-order valence-corrected chi connectivity index (χ1v) is 8.95. The van der Waals surface area contributed by atoms with Gasteiger partial charge in [0, 0.05) is 17.1 Å². The number of nitrogens with one attached hydrogen (secondary N) is 1. The van der Waals surface area contributed by atoms with Crippen LogP contribution in [-0.4, -0.2) is 26.9 Å². The summed E-state index contributed by atoms with van der Waals surface area (Å²) in [5.41, 5.74) is 7.90. The molecule has 3 rings (SSSR count). The first-order chi connectivity index (χ1) is 12.0. The summed E-state index contributed by atoms with van der Waals surface area (Å²) >= 11 is 7.55. The van der Waals surface area contributed by atoms with Gasteiger partial charge in [0.2, 0.25) is 11.9 Å². The van der Waals surface area contributed by atoms with Gasteiger partial charge in [0.25, 0.3) is 0 Å². The Labute approximate surface area is 155 Å². The Bertz CT molecular complexity index is 866. The van der Waals surface area contributed by atoms with Crippen LogP contribution in [0.1, 0.15) is 16.3 Å². The Morgan fingerprint density at radius 2 is 1.92 bits per heavy atom. The van der Waals surface area contributed by atoms with Crippen molar-refractivity contribution in [3.05, 3.63) is 57.0 Å². The molecule has 25 heavy (non-hydrogen) atoms. The van der Waals surface area contributed by atoms with E-state index in [2.05, 4.69) is 25.2 Å². The zero-order chi connectivity index (χ0) is 17.8. The van der Waals surface area contributed by atoms with Crippen LogP contribution < -0.4 is 11.1 Å². The lowest BCUT2D eigenvalue weighted by Gasteiger charge is -2.15. The highest BCUT2D eigenvalue weighted by Crippen LogP contribution is 2.23. The van der Waals surface area contributed by atoms with E-state index in [4.69, 9.17) is 17.3 Å². The monoisotopic (exact) mass is 374 g/mol. The molecule has 0 amide bonds. The number of para-hydroxylation sites is 1. The minimum absolute atomic E-state index is 0.202. The minimum Gasteiger partial charge on any atom is -0.368 e. The van der Waals surface area contributed by atoms with Crippen LogP contribution in [0.2, 0.25) is 4.34 Å². The number of thiophene rings is 1. The van der Waals surface area contributed by atoms with Gasteiger partial charge in [-0.1, -0.05) is 29.8 Å². The zero-order valence-corrected chi connectivity index (χ0v) is 15.6. The maximum Gasteiger partial charge on any atom is 0.232 e. The summed E-state index contributed by atoms with van der Waals surface area (Å²) in [4.78, 5) is 16.2. The molecule has 8 heteroatoms. The van der Waals surface area contributed by atoms with Crippen molar-refractivity contribution in [2.24, 2.45) is 0 Å². The standard InChI is InChI=1S/C17H19ClN6S/c1-11-5-3-4-6-13(11)20-17-22-15(21-16(19)23-17)10-24(2)9-12-7-8-14(18)25-12/h3-8H,9-10H2,1-2H3,(H3,19,20,21,22,23). The minimum atomic E-state index is 0.202.